The molecule has 1 rings (SSSR count). The van der Waals surface area contributed by atoms with Crippen LogP contribution in [-0.4, -0.2) is 92.9 Å². The molecule has 0 amide bonds. The molecule has 11 heavy (non-hydrogen) atoms. The molecule has 1 fully saturated rings. The van der Waals surface area contributed by atoms with Gasteiger partial charge in [-0.1, -0.05) is 6.92 Å². The second-order valence-corrected chi connectivity index (χ2v) is 4.12. The molecule has 0 bridgehead atoms. The zero-order valence-corrected chi connectivity index (χ0v) is 7.65. The maximum absolute atomic E-state index is 2.47. The van der Waals surface area contributed by atoms with E-state index in [0.717, 1.165) is 5.92 Å². The van der Waals surface area contributed by atoms with Crippen LogP contribution in [0, 0.1) is 5.92 Å². The first kappa shape index (κ1) is 13.0. The average molecular weight is 275 g/mol. The molecular formula is C9H20CsN. The Bertz CT molecular complexity index is 111. The maximum atomic E-state index is 2.47. The first-order chi connectivity index (χ1) is 4.55. The Labute approximate surface area is 130 Å². The van der Waals surface area contributed by atoms with E-state index in [2.05, 4.69) is 32.7 Å². The van der Waals surface area contributed by atoms with Gasteiger partial charge in [-0.2, -0.15) is 0 Å². The van der Waals surface area contributed by atoms with Crippen LogP contribution in [-0.2, 0) is 0 Å². The Morgan fingerprint density at radius 2 is 1.91 bits per heavy atom. The number of hydrogen-bond donors (Lipinski definition) is 0. The summed E-state index contributed by atoms with van der Waals surface area (Å²) in [5.74, 6) is 0.853. The Hall–Kier alpha value is 2.01. The van der Waals surface area contributed by atoms with Crippen LogP contribution in [0.5, 0.6) is 0 Å². The Morgan fingerprint density at radius 3 is 2.27 bits per heavy atom. The van der Waals surface area contributed by atoms with Crippen molar-refractivity contribution in [3.63, 3.8) is 0 Å². The summed E-state index contributed by atoms with van der Waals surface area (Å²) < 4.78 is 0. The zero-order valence-electron chi connectivity index (χ0n) is 7.65. The van der Waals surface area contributed by atoms with Crippen LogP contribution < -0.4 is 0 Å². The number of nitrogens with zero attached hydrogens (tertiary/aromatic N) is 1. The van der Waals surface area contributed by atoms with E-state index in [0.29, 0.717) is 5.54 Å². The molecule has 0 saturated carbocycles. The third kappa shape index (κ3) is 3.01. The molecule has 2 heteroatoms. The zero-order chi connectivity index (χ0) is 7.78. The molecule has 1 nitrogen and oxygen atoms in total. The molecule has 0 aromatic rings. The van der Waals surface area contributed by atoms with Crippen molar-refractivity contribution in [1.29, 1.82) is 0 Å². The summed E-state index contributed by atoms with van der Waals surface area (Å²) in [5.41, 5.74) is 0.429. The normalized spacial score (nSPS) is 31.1. The summed E-state index contributed by atoms with van der Waals surface area (Å²) in [6.07, 6.45) is 2.78. The monoisotopic (exact) mass is 275 g/mol. The minimum atomic E-state index is 0. The van der Waals surface area contributed by atoms with Gasteiger partial charge in [-0.05, 0) is 46.2 Å². The first-order valence-corrected chi connectivity index (χ1v) is 4.26. The topological polar surface area (TPSA) is 3.24 Å². The molecular weight excluding hydrogens is 255 g/mol. The van der Waals surface area contributed by atoms with Crippen molar-refractivity contribution in [3.8, 4) is 0 Å². The second kappa shape index (κ2) is 5.03. The van der Waals surface area contributed by atoms with E-state index in [1.54, 1.807) is 0 Å². The molecule has 0 aromatic heterocycles. The first-order valence-electron chi connectivity index (χ1n) is 4.26. The molecule has 0 aliphatic carbocycles. The van der Waals surface area contributed by atoms with Gasteiger partial charge in [-0.15, -0.1) is 0 Å². The van der Waals surface area contributed by atoms with E-state index < -0.39 is 0 Å². The predicted molar refractivity (Wildman–Crippen MR) is 52.3 cm³/mol. The molecule has 0 spiro atoms. The molecule has 1 unspecified atom stereocenters. The SMILES string of the molecule is CC1CCCN(C)C1(C)C.[CsH]. The van der Waals surface area contributed by atoms with E-state index in [1.165, 1.54) is 19.4 Å². The predicted octanol–water partition coefficient (Wildman–Crippen LogP) is 1.48. The van der Waals surface area contributed by atoms with Gasteiger partial charge in [-0.25, -0.2) is 0 Å². The van der Waals surface area contributed by atoms with Gasteiger partial charge in [0.1, 0.15) is 0 Å². The van der Waals surface area contributed by atoms with Crippen LogP contribution in [0.25, 0.3) is 0 Å². The molecule has 1 saturated heterocycles. The van der Waals surface area contributed by atoms with E-state index in [1.807, 2.05) is 0 Å². The number of rotatable bonds is 0. The van der Waals surface area contributed by atoms with E-state index in [-0.39, 0.29) is 68.9 Å². The van der Waals surface area contributed by atoms with E-state index in [9.17, 15) is 0 Å². The van der Waals surface area contributed by atoms with E-state index in [4.69, 9.17) is 0 Å². The van der Waals surface area contributed by atoms with Crippen molar-refractivity contribution < 1.29 is 0 Å². The minimum absolute atomic E-state index is 0. The Balaban J connectivity index is 0.000001000. The third-order valence-corrected chi connectivity index (χ3v) is 3.32. The quantitative estimate of drug-likeness (QED) is 0.647. The van der Waals surface area contributed by atoms with Crippen molar-refractivity contribution in [1.82, 2.24) is 4.90 Å². The van der Waals surface area contributed by atoms with Crippen LogP contribution in [0.4, 0.5) is 0 Å². The van der Waals surface area contributed by atoms with Crippen molar-refractivity contribution in [2.45, 2.75) is 39.2 Å². The molecule has 1 aliphatic heterocycles. The summed E-state index contributed by atoms with van der Waals surface area (Å²) in [7, 11) is 2.23. The molecule has 0 radical (unpaired) electrons. The summed E-state index contributed by atoms with van der Waals surface area (Å²) in [4.78, 5) is 2.47. The fraction of sp³-hybridized carbons (Fsp3) is 1.00. The van der Waals surface area contributed by atoms with Crippen LogP contribution in [0.2, 0.25) is 0 Å². The second-order valence-electron chi connectivity index (χ2n) is 4.12. The van der Waals surface area contributed by atoms with Gasteiger partial charge in [0.15, 0.2) is 0 Å². The average Bonchev–Trinajstić information content (AvgIpc) is 1.84. The van der Waals surface area contributed by atoms with E-state index >= 15 is 0 Å². The van der Waals surface area contributed by atoms with Crippen LogP contribution in [0.1, 0.15) is 33.6 Å². The number of piperidine rings is 1. The molecule has 0 aromatic carbocycles. The van der Waals surface area contributed by atoms with Crippen molar-refractivity contribution >= 4 is 68.9 Å². The molecule has 1 heterocycles. The Kier molecular flexibility index (Phi) is 5.95. The molecule has 1 atom stereocenters. The summed E-state index contributed by atoms with van der Waals surface area (Å²) in [5, 5.41) is 0. The van der Waals surface area contributed by atoms with Crippen molar-refractivity contribution in [2.24, 2.45) is 5.92 Å². The number of likely N-dealkylation sites (tertiary alicyclic amines) is 1. The van der Waals surface area contributed by atoms with Crippen molar-refractivity contribution in [2.75, 3.05) is 13.6 Å². The summed E-state index contributed by atoms with van der Waals surface area (Å²) in [6.45, 7) is 8.32. The summed E-state index contributed by atoms with van der Waals surface area (Å²) in [6, 6.07) is 0. The number of hydrogen-bond acceptors (Lipinski definition) is 1. The standard InChI is InChI=1S/C9H19N.Cs.H/c1-8-6-5-7-10(4)9(8,2)3;;/h8H,5-7H2,1-4H3;;. The van der Waals surface area contributed by atoms with Gasteiger partial charge < -0.3 is 4.90 Å². The molecule has 62 valence electrons. The van der Waals surface area contributed by atoms with Gasteiger partial charge in [0.05, 0.1) is 0 Å². The fourth-order valence-electron chi connectivity index (χ4n) is 1.65. The molecule has 1 aliphatic rings. The van der Waals surface area contributed by atoms with Gasteiger partial charge >= 0.3 is 68.9 Å². The molecule has 0 N–H and O–H groups in total. The van der Waals surface area contributed by atoms with Crippen LogP contribution >= 0.6 is 0 Å². The summed E-state index contributed by atoms with van der Waals surface area (Å²) >= 11 is 0. The van der Waals surface area contributed by atoms with Crippen molar-refractivity contribution in [3.05, 3.63) is 0 Å². The fourth-order valence-corrected chi connectivity index (χ4v) is 1.65. The third-order valence-electron chi connectivity index (χ3n) is 3.32. The Morgan fingerprint density at radius 1 is 1.36 bits per heavy atom. The van der Waals surface area contributed by atoms with Crippen LogP contribution in [0.3, 0.4) is 0 Å². The van der Waals surface area contributed by atoms with Gasteiger partial charge in [0.2, 0.25) is 0 Å². The van der Waals surface area contributed by atoms with Gasteiger partial charge in [-0.3, -0.25) is 0 Å². The van der Waals surface area contributed by atoms with Crippen LogP contribution in [0.15, 0.2) is 0 Å². The van der Waals surface area contributed by atoms with Gasteiger partial charge in [0.25, 0.3) is 0 Å². The van der Waals surface area contributed by atoms with Gasteiger partial charge in [0, 0.05) is 5.54 Å².